The van der Waals surface area contributed by atoms with E-state index in [1.54, 1.807) is 12.1 Å². The van der Waals surface area contributed by atoms with E-state index in [1.807, 2.05) is 36.4 Å². The van der Waals surface area contributed by atoms with Gasteiger partial charge in [0.05, 0.1) is 11.1 Å². The highest BCUT2D eigenvalue weighted by molar-refractivity contribution is 8.76. The van der Waals surface area contributed by atoms with Crippen LogP contribution >= 0.6 is 21.6 Å². The zero-order valence-electron chi connectivity index (χ0n) is 25.2. The Labute approximate surface area is 267 Å². The number of carbonyl (C=O) groups is 4. The van der Waals surface area contributed by atoms with Crippen molar-refractivity contribution in [2.75, 3.05) is 0 Å². The molecule has 0 unspecified atom stereocenters. The van der Waals surface area contributed by atoms with Crippen molar-refractivity contribution in [1.82, 2.24) is 10.6 Å². The molecule has 2 aliphatic rings. The number of hydrogen-bond donors (Lipinski definition) is 4. The fraction of sp³-hybridized carbons (Fsp3) is 0.529. The molecule has 2 aromatic rings. The molecule has 0 bridgehead atoms. The highest BCUT2D eigenvalue weighted by atomic mass is 33.1. The minimum atomic E-state index is -0.859. The van der Waals surface area contributed by atoms with Gasteiger partial charge >= 0.3 is 11.9 Å². The lowest BCUT2D eigenvalue weighted by atomic mass is 9.82. The predicted molar refractivity (Wildman–Crippen MR) is 174 cm³/mol. The number of amides is 2. The van der Waals surface area contributed by atoms with Gasteiger partial charge < -0.3 is 20.8 Å². The Morgan fingerprint density at radius 2 is 0.977 bits per heavy atom. The number of carboxylic acids is 2. The summed E-state index contributed by atoms with van der Waals surface area (Å²) >= 11 is 0. The van der Waals surface area contributed by atoms with Crippen LogP contribution in [-0.2, 0) is 9.59 Å². The fourth-order valence-corrected chi connectivity index (χ4v) is 8.88. The lowest BCUT2D eigenvalue weighted by Crippen LogP contribution is -2.41. The van der Waals surface area contributed by atoms with Gasteiger partial charge in [0.15, 0.2) is 0 Å². The van der Waals surface area contributed by atoms with Crippen LogP contribution in [0.25, 0.3) is 0 Å². The average molecular weight is 641 g/mol. The molecule has 2 saturated carbocycles. The lowest BCUT2D eigenvalue weighted by molar-refractivity contribution is -0.138. The lowest BCUT2D eigenvalue weighted by Gasteiger charge is -2.31. The molecule has 8 nitrogen and oxygen atoms in total. The van der Waals surface area contributed by atoms with E-state index in [-0.39, 0.29) is 48.6 Å². The number of carboxylic acid groups (broad SMARTS) is 2. The second-order valence-corrected chi connectivity index (χ2v) is 14.2. The maximum atomic E-state index is 13.5. The Morgan fingerprint density at radius 3 is 1.34 bits per heavy atom. The Bertz CT molecular complexity index is 1180. The first-order chi connectivity index (χ1) is 21.3. The molecule has 2 amide bonds. The first-order valence-corrected chi connectivity index (χ1v) is 18.0. The number of nitrogens with one attached hydrogen (secondary N) is 2. The highest BCUT2D eigenvalue weighted by Gasteiger charge is 2.28. The van der Waals surface area contributed by atoms with E-state index in [9.17, 15) is 29.4 Å². The largest absolute Gasteiger partial charge is 0.481 e. The summed E-state index contributed by atoms with van der Waals surface area (Å²) in [4.78, 5) is 51.2. The Kier molecular flexibility index (Phi) is 13.5. The molecule has 0 aromatic heterocycles. The standard InChI is InChI=1S/C34H44N2O6S2/c37-31(38)21-19-27(23-11-3-1-4-12-23)35-33(41)25-15-7-9-17-29(25)43-44-30-18-10-8-16-26(30)34(42)36-28(20-22-32(39)40)24-13-5-2-6-14-24/h7-10,15-18,23-24,27-28H,1-6,11-14,19-22H2,(H,35,41)(H,36,42)(H,37,38)(H,39,40)/t27-,28-/m1/s1. The number of hydrogen-bond acceptors (Lipinski definition) is 6. The summed E-state index contributed by atoms with van der Waals surface area (Å²) in [5.41, 5.74) is 1.04. The van der Waals surface area contributed by atoms with Crippen LogP contribution in [0.5, 0.6) is 0 Å². The van der Waals surface area contributed by atoms with Gasteiger partial charge in [-0.2, -0.15) is 0 Å². The highest BCUT2D eigenvalue weighted by Crippen LogP contribution is 2.41. The van der Waals surface area contributed by atoms with Gasteiger partial charge in [-0.15, -0.1) is 0 Å². The van der Waals surface area contributed by atoms with Crippen LogP contribution in [0.15, 0.2) is 58.3 Å². The third kappa shape index (κ3) is 10.3. The fourth-order valence-electron chi connectivity index (χ4n) is 6.52. The number of benzene rings is 2. The van der Waals surface area contributed by atoms with E-state index < -0.39 is 11.9 Å². The molecule has 2 atom stereocenters. The maximum Gasteiger partial charge on any atom is 0.303 e. The minimum absolute atomic E-state index is 0.0183. The summed E-state index contributed by atoms with van der Waals surface area (Å²) < 4.78 is 0. The van der Waals surface area contributed by atoms with Crippen molar-refractivity contribution in [1.29, 1.82) is 0 Å². The van der Waals surface area contributed by atoms with E-state index in [4.69, 9.17) is 0 Å². The van der Waals surface area contributed by atoms with Gasteiger partial charge in [-0.05, 0) is 74.6 Å². The van der Waals surface area contributed by atoms with E-state index in [0.717, 1.165) is 61.2 Å². The van der Waals surface area contributed by atoms with E-state index in [0.29, 0.717) is 24.0 Å². The molecule has 0 heterocycles. The SMILES string of the molecule is O=C(O)CC[C@@H](NC(=O)c1ccccc1SSc1ccccc1C(=O)N[C@H](CCC(=O)O)C1CCCCC1)C1CCCCC1. The second-order valence-electron chi connectivity index (χ2n) is 12.0. The summed E-state index contributed by atoms with van der Waals surface area (Å²) in [5, 5.41) is 24.9. The third-order valence-corrected chi connectivity index (χ3v) is 11.4. The van der Waals surface area contributed by atoms with Crippen LogP contribution in [-0.4, -0.2) is 46.0 Å². The van der Waals surface area contributed by atoms with Gasteiger partial charge in [0.25, 0.3) is 11.8 Å². The number of aliphatic carboxylic acids is 2. The van der Waals surface area contributed by atoms with Gasteiger partial charge in [0.2, 0.25) is 0 Å². The summed E-state index contributed by atoms with van der Waals surface area (Å²) in [6, 6.07) is 14.3. The van der Waals surface area contributed by atoms with Crippen molar-refractivity contribution in [3.05, 3.63) is 59.7 Å². The Morgan fingerprint density at radius 1 is 0.614 bits per heavy atom. The molecule has 4 rings (SSSR count). The number of carbonyl (C=O) groups excluding carboxylic acids is 2. The average Bonchev–Trinajstić information content (AvgIpc) is 3.04. The molecular weight excluding hydrogens is 597 g/mol. The third-order valence-electron chi connectivity index (χ3n) is 8.89. The molecule has 0 saturated heterocycles. The first-order valence-electron chi connectivity index (χ1n) is 15.9. The van der Waals surface area contributed by atoms with Gasteiger partial charge in [0, 0.05) is 34.7 Å². The van der Waals surface area contributed by atoms with Gasteiger partial charge in [-0.1, -0.05) is 84.4 Å². The summed E-state index contributed by atoms with van der Waals surface area (Å²) in [6.07, 6.45) is 11.6. The van der Waals surface area contributed by atoms with Crippen LogP contribution < -0.4 is 10.6 Å². The zero-order valence-corrected chi connectivity index (χ0v) is 26.8. The molecular formula is C34H44N2O6S2. The predicted octanol–water partition coefficient (Wildman–Crippen LogP) is 7.57. The van der Waals surface area contributed by atoms with Crippen molar-refractivity contribution in [2.24, 2.45) is 11.8 Å². The van der Waals surface area contributed by atoms with Gasteiger partial charge in [-0.25, -0.2) is 0 Å². The van der Waals surface area contributed by atoms with Gasteiger partial charge in [0.1, 0.15) is 0 Å². The molecule has 2 fully saturated rings. The first kappa shape index (κ1) is 33.9. The Balaban J connectivity index is 1.45. The van der Waals surface area contributed by atoms with Crippen LogP contribution in [0.4, 0.5) is 0 Å². The molecule has 2 aromatic carbocycles. The quantitative estimate of drug-likeness (QED) is 0.147. The van der Waals surface area contributed by atoms with E-state index in [1.165, 1.54) is 34.4 Å². The summed E-state index contributed by atoms with van der Waals surface area (Å²) in [7, 11) is 2.81. The van der Waals surface area contributed by atoms with Crippen molar-refractivity contribution in [3.63, 3.8) is 0 Å². The summed E-state index contributed by atoms with van der Waals surface area (Å²) in [6.45, 7) is 0. The van der Waals surface area contributed by atoms with E-state index in [2.05, 4.69) is 10.6 Å². The maximum absolute atomic E-state index is 13.5. The Hall–Kier alpha value is -2.98. The van der Waals surface area contributed by atoms with Crippen LogP contribution in [0, 0.1) is 11.8 Å². The molecule has 44 heavy (non-hydrogen) atoms. The molecule has 4 N–H and O–H groups in total. The number of rotatable bonds is 15. The van der Waals surface area contributed by atoms with Crippen LogP contribution in [0.2, 0.25) is 0 Å². The minimum Gasteiger partial charge on any atom is -0.481 e. The van der Waals surface area contributed by atoms with Crippen molar-refractivity contribution in [2.45, 2.75) is 112 Å². The normalized spacial score (nSPS) is 17.4. The summed E-state index contributed by atoms with van der Waals surface area (Å²) in [5.74, 6) is -1.59. The van der Waals surface area contributed by atoms with Crippen molar-refractivity contribution < 1.29 is 29.4 Å². The van der Waals surface area contributed by atoms with Crippen LogP contribution in [0.3, 0.4) is 0 Å². The van der Waals surface area contributed by atoms with E-state index >= 15 is 0 Å². The second kappa shape index (κ2) is 17.5. The molecule has 0 aliphatic heterocycles. The van der Waals surface area contributed by atoms with Gasteiger partial charge in [-0.3, -0.25) is 19.2 Å². The topological polar surface area (TPSA) is 133 Å². The van der Waals surface area contributed by atoms with Crippen LogP contribution in [0.1, 0.15) is 111 Å². The molecule has 0 radical (unpaired) electrons. The zero-order chi connectivity index (χ0) is 31.3. The molecule has 2 aliphatic carbocycles. The van der Waals surface area contributed by atoms with Crippen molar-refractivity contribution in [3.8, 4) is 0 Å². The smallest absolute Gasteiger partial charge is 0.303 e. The molecule has 238 valence electrons. The van der Waals surface area contributed by atoms with Crippen molar-refractivity contribution >= 4 is 45.3 Å². The molecule has 0 spiro atoms. The monoisotopic (exact) mass is 640 g/mol. The molecule has 10 heteroatoms.